The summed E-state index contributed by atoms with van der Waals surface area (Å²) in [6.45, 7) is 2.01. The van der Waals surface area contributed by atoms with Crippen LogP contribution in [-0.2, 0) is 24.0 Å². The zero-order chi connectivity index (χ0) is 23.6. The van der Waals surface area contributed by atoms with Gasteiger partial charge in [-0.15, -0.1) is 0 Å². The molecule has 1 amide bonds. The van der Waals surface area contributed by atoms with Gasteiger partial charge in [-0.25, -0.2) is 9.97 Å². The number of carbonyl (C=O) groups is 1. The van der Waals surface area contributed by atoms with E-state index >= 15 is 0 Å². The van der Waals surface area contributed by atoms with Crippen molar-refractivity contribution in [1.82, 2.24) is 24.4 Å². The van der Waals surface area contributed by atoms with Crippen molar-refractivity contribution >= 4 is 28.0 Å². The standard InChI is InChI=1S/C28H25N5O2/c1-32-17-30-23-14-20(15-29-26(23)32)21-7-4-6-18-13-24(31-25(18)21)27(34)33-11-9-28(10-12-33)22-8-3-2-5-19(22)16-35-28/h2-8,13-15,17,31H,9-12,16H2,1H3. The molecule has 0 saturated carbocycles. The van der Waals surface area contributed by atoms with Crippen molar-refractivity contribution in [3.05, 3.63) is 83.9 Å². The average Bonchev–Trinajstić information content (AvgIpc) is 3.60. The second-order valence-electron chi connectivity index (χ2n) is 9.61. The molecular weight excluding hydrogens is 438 g/mol. The molecule has 35 heavy (non-hydrogen) atoms. The minimum absolute atomic E-state index is 0.0339. The number of hydrogen-bond acceptors (Lipinski definition) is 4. The van der Waals surface area contributed by atoms with Crippen LogP contribution >= 0.6 is 0 Å². The van der Waals surface area contributed by atoms with E-state index < -0.39 is 0 Å². The van der Waals surface area contributed by atoms with E-state index in [-0.39, 0.29) is 11.5 Å². The highest BCUT2D eigenvalue weighted by Gasteiger charge is 2.43. The summed E-state index contributed by atoms with van der Waals surface area (Å²) >= 11 is 0. The molecule has 2 aliphatic heterocycles. The highest BCUT2D eigenvalue weighted by Crippen LogP contribution is 2.44. The molecule has 0 unspecified atom stereocenters. The number of benzene rings is 2. The lowest BCUT2D eigenvalue weighted by molar-refractivity contribution is -0.0742. The Hall–Kier alpha value is -3.97. The van der Waals surface area contributed by atoms with E-state index in [1.54, 1.807) is 6.33 Å². The summed E-state index contributed by atoms with van der Waals surface area (Å²) in [7, 11) is 1.94. The SMILES string of the molecule is Cn1cnc2cc(-c3cccc4cc(C(=O)N5CCC6(CC5)OCc5ccccc56)[nH]c34)cnc21. The van der Waals surface area contributed by atoms with Gasteiger partial charge in [0, 0.05) is 42.8 Å². The summed E-state index contributed by atoms with van der Waals surface area (Å²) in [6, 6.07) is 18.6. The highest BCUT2D eigenvalue weighted by molar-refractivity contribution is 6.02. The highest BCUT2D eigenvalue weighted by atomic mass is 16.5. The number of hydrogen-bond donors (Lipinski definition) is 1. The van der Waals surface area contributed by atoms with Crippen LogP contribution in [0.3, 0.4) is 0 Å². The Labute approximate surface area is 202 Å². The van der Waals surface area contributed by atoms with Crippen molar-refractivity contribution in [2.24, 2.45) is 7.05 Å². The van der Waals surface area contributed by atoms with Gasteiger partial charge in [0.1, 0.15) is 11.2 Å². The van der Waals surface area contributed by atoms with Crippen molar-refractivity contribution in [1.29, 1.82) is 0 Å². The zero-order valence-electron chi connectivity index (χ0n) is 19.5. The molecule has 0 bridgehead atoms. The molecule has 7 heteroatoms. The van der Waals surface area contributed by atoms with Crippen molar-refractivity contribution in [3.63, 3.8) is 0 Å². The first-order valence-electron chi connectivity index (χ1n) is 12.0. The van der Waals surface area contributed by atoms with E-state index in [0.29, 0.717) is 25.4 Å². The molecule has 5 aromatic rings. The third-order valence-electron chi connectivity index (χ3n) is 7.62. The van der Waals surface area contributed by atoms with Gasteiger partial charge < -0.3 is 19.2 Å². The lowest BCUT2D eigenvalue weighted by Crippen LogP contribution is -2.45. The second-order valence-corrected chi connectivity index (χ2v) is 9.61. The monoisotopic (exact) mass is 463 g/mol. The van der Waals surface area contributed by atoms with Crippen LogP contribution in [0.4, 0.5) is 0 Å². The maximum Gasteiger partial charge on any atom is 0.270 e. The molecule has 5 heterocycles. The van der Waals surface area contributed by atoms with Crippen LogP contribution in [0.2, 0.25) is 0 Å². The fraction of sp³-hybridized carbons (Fsp3) is 0.250. The number of aryl methyl sites for hydroxylation is 1. The quantitative estimate of drug-likeness (QED) is 0.409. The van der Waals surface area contributed by atoms with E-state index in [4.69, 9.17) is 4.74 Å². The number of rotatable bonds is 2. The lowest BCUT2D eigenvalue weighted by atomic mass is 9.84. The van der Waals surface area contributed by atoms with E-state index in [0.717, 1.165) is 46.0 Å². The number of aromatic amines is 1. The zero-order valence-corrected chi connectivity index (χ0v) is 19.5. The molecule has 1 saturated heterocycles. The molecule has 3 aromatic heterocycles. The number of piperidine rings is 1. The van der Waals surface area contributed by atoms with Gasteiger partial charge in [-0.2, -0.15) is 0 Å². The summed E-state index contributed by atoms with van der Waals surface area (Å²) in [6.07, 6.45) is 5.27. The van der Waals surface area contributed by atoms with Gasteiger partial charge in [-0.1, -0.05) is 42.5 Å². The minimum atomic E-state index is -0.252. The Morgan fingerprint density at radius 1 is 1.06 bits per heavy atom. The molecular formula is C28H25N5O2. The van der Waals surface area contributed by atoms with Crippen LogP contribution in [0.1, 0.15) is 34.5 Å². The summed E-state index contributed by atoms with van der Waals surface area (Å²) in [5.74, 6) is 0.0339. The number of likely N-dealkylation sites (tertiary alicyclic amines) is 1. The molecule has 7 nitrogen and oxygen atoms in total. The molecule has 1 fully saturated rings. The van der Waals surface area contributed by atoms with Crippen LogP contribution in [0.15, 0.2) is 67.1 Å². The molecule has 7 rings (SSSR count). The van der Waals surface area contributed by atoms with Crippen LogP contribution in [0.25, 0.3) is 33.2 Å². The van der Waals surface area contributed by atoms with Gasteiger partial charge in [-0.05, 0) is 36.1 Å². The Morgan fingerprint density at radius 2 is 1.91 bits per heavy atom. The molecule has 2 aliphatic rings. The number of nitrogens with zero attached hydrogens (tertiary/aromatic N) is 4. The predicted molar refractivity (Wildman–Crippen MR) is 134 cm³/mol. The van der Waals surface area contributed by atoms with E-state index in [1.807, 2.05) is 47.0 Å². The fourth-order valence-corrected chi connectivity index (χ4v) is 5.71. The fourth-order valence-electron chi connectivity index (χ4n) is 5.71. The van der Waals surface area contributed by atoms with E-state index in [1.165, 1.54) is 11.1 Å². The largest absolute Gasteiger partial charge is 0.365 e. The summed E-state index contributed by atoms with van der Waals surface area (Å²) < 4.78 is 8.18. The Kier molecular flexibility index (Phi) is 4.38. The van der Waals surface area contributed by atoms with E-state index in [2.05, 4.69) is 45.3 Å². The maximum atomic E-state index is 13.5. The first-order chi connectivity index (χ1) is 17.1. The molecule has 1 N–H and O–H groups in total. The Balaban J connectivity index is 1.17. The third kappa shape index (κ3) is 3.12. The van der Waals surface area contributed by atoms with Crippen LogP contribution in [-0.4, -0.2) is 43.4 Å². The number of nitrogens with one attached hydrogen (secondary N) is 1. The molecule has 2 aromatic carbocycles. The van der Waals surface area contributed by atoms with Gasteiger partial charge in [-0.3, -0.25) is 4.79 Å². The first kappa shape index (κ1) is 20.4. The normalized spacial score (nSPS) is 16.9. The second kappa shape index (κ2) is 7.52. The minimum Gasteiger partial charge on any atom is -0.365 e. The number of pyridine rings is 1. The van der Waals surface area contributed by atoms with Gasteiger partial charge >= 0.3 is 0 Å². The number of H-pyrrole nitrogens is 1. The van der Waals surface area contributed by atoms with Crippen molar-refractivity contribution in [3.8, 4) is 11.1 Å². The van der Waals surface area contributed by atoms with Gasteiger partial charge in [0.05, 0.1) is 24.1 Å². The molecule has 174 valence electrons. The van der Waals surface area contributed by atoms with Gasteiger partial charge in [0.15, 0.2) is 5.65 Å². The number of aromatic nitrogens is 4. The molecule has 1 spiro atoms. The number of amides is 1. The summed E-state index contributed by atoms with van der Waals surface area (Å²) in [5, 5.41) is 1.01. The van der Waals surface area contributed by atoms with Crippen molar-refractivity contribution in [2.45, 2.75) is 25.0 Å². The predicted octanol–water partition coefficient (Wildman–Crippen LogP) is 4.78. The van der Waals surface area contributed by atoms with Crippen molar-refractivity contribution < 1.29 is 9.53 Å². The topological polar surface area (TPSA) is 76.0 Å². The Morgan fingerprint density at radius 3 is 2.80 bits per heavy atom. The summed E-state index contributed by atoms with van der Waals surface area (Å²) in [5.41, 5.74) is 7.54. The lowest BCUT2D eigenvalue weighted by Gasteiger charge is -2.39. The molecule has 0 aliphatic carbocycles. The Bertz CT molecular complexity index is 1610. The third-order valence-corrected chi connectivity index (χ3v) is 7.62. The summed E-state index contributed by atoms with van der Waals surface area (Å²) in [4.78, 5) is 27.9. The van der Waals surface area contributed by atoms with Gasteiger partial charge in [0.25, 0.3) is 5.91 Å². The maximum absolute atomic E-state index is 13.5. The first-order valence-corrected chi connectivity index (χ1v) is 12.0. The number of imidazole rings is 1. The van der Waals surface area contributed by atoms with Crippen LogP contribution in [0.5, 0.6) is 0 Å². The number of ether oxygens (including phenoxy) is 1. The smallest absolute Gasteiger partial charge is 0.270 e. The van der Waals surface area contributed by atoms with Gasteiger partial charge in [0.2, 0.25) is 0 Å². The average molecular weight is 464 g/mol. The number of para-hydroxylation sites is 1. The molecule has 0 radical (unpaired) electrons. The number of carbonyl (C=O) groups excluding carboxylic acids is 1. The van der Waals surface area contributed by atoms with Crippen molar-refractivity contribution in [2.75, 3.05) is 13.1 Å². The van der Waals surface area contributed by atoms with Crippen LogP contribution < -0.4 is 0 Å². The van der Waals surface area contributed by atoms with E-state index in [9.17, 15) is 4.79 Å². The van der Waals surface area contributed by atoms with Crippen LogP contribution in [0, 0.1) is 0 Å². The number of fused-ring (bicyclic) bond motifs is 4. The molecule has 0 atom stereocenters.